The monoisotopic (exact) mass is 538 g/mol. The zero-order chi connectivity index (χ0) is 18.9. The summed E-state index contributed by atoms with van der Waals surface area (Å²) >= 11 is 0. The number of allylic oxidation sites excluding steroid dienone is 2. The van der Waals surface area contributed by atoms with Crippen molar-refractivity contribution in [2.45, 2.75) is 20.8 Å². The molecule has 5 heteroatoms. The van der Waals surface area contributed by atoms with Crippen molar-refractivity contribution in [3.05, 3.63) is 84.4 Å². The number of carbonyl (C=O) groups excluding carboxylic acids is 1. The van der Waals surface area contributed by atoms with E-state index in [4.69, 9.17) is 5.11 Å². The fourth-order valence-electron chi connectivity index (χ4n) is 2.31. The van der Waals surface area contributed by atoms with Crippen LogP contribution in [-0.4, -0.2) is 20.9 Å². The smallest absolute Gasteiger partial charge is 0.155 e. The Kier molecular flexibility index (Phi) is 9.27. The van der Waals surface area contributed by atoms with E-state index in [9.17, 15) is 4.79 Å². The van der Waals surface area contributed by atoms with Gasteiger partial charge in [-0.3, -0.25) is 9.78 Å². The third kappa shape index (κ3) is 7.25. The molecule has 141 valence electrons. The maximum atomic E-state index is 10.0. The molecule has 0 fully saturated rings. The zero-order valence-corrected chi connectivity index (χ0v) is 17.8. The molecule has 1 N–H and O–H groups in total. The topological polar surface area (TPSA) is 63.1 Å². The third-order valence-corrected chi connectivity index (χ3v) is 3.32. The van der Waals surface area contributed by atoms with Crippen molar-refractivity contribution in [3.8, 4) is 22.5 Å². The summed E-state index contributed by atoms with van der Waals surface area (Å²) in [6, 6.07) is 21.2. The van der Waals surface area contributed by atoms with Gasteiger partial charge < -0.3 is 10.1 Å². The van der Waals surface area contributed by atoms with Crippen LogP contribution in [0.4, 0.5) is 0 Å². The van der Waals surface area contributed by atoms with Crippen LogP contribution >= 0.6 is 0 Å². The number of aromatic nitrogens is 2. The van der Waals surface area contributed by atoms with Crippen LogP contribution in [0.5, 0.6) is 0 Å². The number of rotatable bonds is 3. The van der Waals surface area contributed by atoms with Crippen molar-refractivity contribution in [1.29, 1.82) is 0 Å². The van der Waals surface area contributed by atoms with Crippen molar-refractivity contribution in [1.82, 2.24) is 9.97 Å². The van der Waals surface area contributed by atoms with Crippen molar-refractivity contribution in [2.24, 2.45) is 0 Å². The van der Waals surface area contributed by atoms with Gasteiger partial charge in [0.25, 0.3) is 0 Å². The van der Waals surface area contributed by atoms with Crippen LogP contribution in [0.3, 0.4) is 0 Å². The number of aliphatic hydroxyl groups is 1. The maximum Gasteiger partial charge on any atom is 0.155 e. The maximum absolute atomic E-state index is 10.0. The van der Waals surface area contributed by atoms with E-state index in [2.05, 4.69) is 28.2 Å². The SMILES string of the molecule is CC(=O)/C=C(/C)O.Cc1cnc(-c2[c-]cccc2)c(-c2ccccc2)n1.[Ir]. The molecule has 0 amide bonds. The molecule has 1 radical (unpaired) electrons. The summed E-state index contributed by atoms with van der Waals surface area (Å²) in [5.41, 5.74) is 4.73. The first-order valence-electron chi connectivity index (χ1n) is 8.21. The van der Waals surface area contributed by atoms with Gasteiger partial charge in [0.05, 0.1) is 17.1 Å². The number of nitrogens with zero attached hydrogens (tertiary/aromatic N) is 2. The number of carbonyl (C=O) groups is 1. The zero-order valence-electron chi connectivity index (χ0n) is 15.4. The van der Waals surface area contributed by atoms with Gasteiger partial charge in [-0.1, -0.05) is 30.3 Å². The van der Waals surface area contributed by atoms with E-state index in [0.717, 1.165) is 28.2 Å². The molecule has 3 rings (SSSR count). The summed E-state index contributed by atoms with van der Waals surface area (Å²) in [6.45, 7) is 4.80. The second-order valence-corrected chi connectivity index (χ2v) is 5.75. The number of aryl methyl sites for hydroxylation is 1. The van der Waals surface area contributed by atoms with Crippen LogP contribution in [-0.2, 0) is 24.9 Å². The number of ketones is 1. The van der Waals surface area contributed by atoms with Crippen LogP contribution in [0.2, 0.25) is 0 Å². The Labute approximate surface area is 173 Å². The van der Waals surface area contributed by atoms with E-state index in [1.54, 1.807) is 6.20 Å². The molecule has 0 saturated heterocycles. The molecule has 0 unspecified atom stereocenters. The Bertz CT molecular complexity index is 891. The van der Waals surface area contributed by atoms with E-state index < -0.39 is 0 Å². The Hall–Kier alpha value is -2.62. The van der Waals surface area contributed by atoms with Crippen molar-refractivity contribution < 1.29 is 30.0 Å². The van der Waals surface area contributed by atoms with Crippen LogP contribution in [0, 0.1) is 13.0 Å². The van der Waals surface area contributed by atoms with E-state index in [0.29, 0.717) is 0 Å². The minimum Gasteiger partial charge on any atom is -0.512 e. The van der Waals surface area contributed by atoms with Gasteiger partial charge in [-0.2, -0.15) is 0 Å². The van der Waals surface area contributed by atoms with Crippen LogP contribution in [0.15, 0.2) is 72.6 Å². The molecule has 0 aliphatic rings. The Morgan fingerprint density at radius 2 is 1.70 bits per heavy atom. The molecule has 1 heterocycles. The normalized spacial score (nSPS) is 10.3. The quantitative estimate of drug-likeness (QED) is 0.292. The molecular formula is C22H21IrN2O2-. The van der Waals surface area contributed by atoms with Crippen molar-refractivity contribution in [2.75, 3.05) is 0 Å². The fraction of sp³-hybridized carbons (Fsp3) is 0.136. The van der Waals surface area contributed by atoms with E-state index in [1.165, 1.54) is 19.9 Å². The molecule has 3 aromatic rings. The van der Waals surface area contributed by atoms with Gasteiger partial charge in [0.15, 0.2) is 5.78 Å². The molecule has 4 nitrogen and oxygen atoms in total. The summed E-state index contributed by atoms with van der Waals surface area (Å²) in [7, 11) is 0. The molecule has 0 spiro atoms. The largest absolute Gasteiger partial charge is 0.512 e. The fourth-order valence-corrected chi connectivity index (χ4v) is 2.31. The minimum absolute atomic E-state index is 0. The van der Waals surface area contributed by atoms with E-state index >= 15 is 0 Å². The first kappa shape index (κ1) is 22.4. The van der Waals surface area contributed by atoms with E-state index in [-0.39, 0.29) is 31.6 Å². The van der Waals surface area contributed by atoms with E-state index in [1.807, 2.05) is 49.4 Å². The number of aliphatic hydroxyl groups excluding tert-OH is 1. The summed E-state index contributed by atoms with van der Waals surface area (Å²) in [4.78, 5) is 19.2. The average Bonchev–Trinajstić information content (AvgIpc) is 2.62. The summed E-state index contributed by atoms with van der Waals surface area (Å²) in [6.07, 6.45) is 2.96. The minimum atomic E-state index is -0.125. The van der Waals surface area contributed by atoms with Gasteiger partial charge in [0.2, 0.25) is 0 Å². The Morgan fingerprint density at radius 3 is 2.22 bits per heavy atom. The molecular weight excluding hydrogens is 516 g/mol. The molecule has 0 bridgehead atoms. The number of hydrogen-bond acceptors (Lipinski definition) is 4. The van der Waals surface area contributed by atoms with Gasteiger partial charge in [-0.05, 0) is 26.3 Å². The van der Waals surface area contributed by atoms with Gasteiger partial charge in [-0.25, -0.2) is 0 Å². The Morgan fingerprint density at radius 1 is 1.04 bits per heavy atom. The van der Waals surface area contributed by atoms with Gasteiger partial charge in [0.1, 0.15) is 0 Å². The molecule has 1 aromatic heterocycles. The standard InChI is InChI=1S/C17H13N2.C5H8O2.Ir/c1-13-12-18-16(14-8-4-2-5-9-14)17(19-13)15-10-6-3-7-11-15;1-4(6)3-5(2)7;/h2-8,10-12H,1H3;3,6H,1-2H3;/q-1;;/b;4-3-;. The number of hydrogen-bond donors (Lipinski definition) is 1. The third-order valence-electron chi connectivity index (χ3n) is 3.32. The van der Waals surface area contributed by atoms with Crippen molar-refractivity contribution >= 4 is 5.78 Å². The predicted octanol–water partition coefficient (Wildman–Crippen LogP) is 4.95. The second-order valence-electron chi connectivity index (χ2n) is 5.75. The predicted molar refractivity (Wildman–Crippen MR) is 104 cm³/mol. The average molecular weight is 538 g/mol. The van der Waals surface area contributed by atoms with Gasteiger partial charge in [0, 0.05) is 38.1 Å². The molecule has 0 saturated carbocycles. The number of benzene rings is 2. The van der Waals surface area contributed by atoms with Crippen LogP contribution < -0.4 is 0 Å². The van der Waals surface area contributed by atoms with Gasteiger partial charge in [-0.15, -0.1) is 35.9 Å². The molecule has 2 aromatic carbocycles. The Balaban J connectivity index is 0.000000395. The first-order valence-corrected chi connectivity index (χ1v) is 8.21. The summed E-state index contributed by atoms with van der Waals surface area (Å²) in [5.74, 6) is -0.0625. The summed E-state index contributed by atoms with van der Waals surface area (Å²) in [5, 5.41) is 8.36. The molecule has 27 heavy (non-hydrogen) atoms. The molecule has 0 aliphatic heterocycles. The first-order chi connectivity index (χ1) is 12.5. The second kappa shape index (κ2) is 11.2. The molecule has 0 aliphatic carbocycles. The summed E-state index contributed by atoms with van der Waals surface area (Å²) < 4.78 is 0. The molecule has 0 atom stereocenters. The van der Waals surface area contributed by atoms with Crippen LogP contribution in [0.25, 0.3) is 22.5 Å². The van der Waals surface area contributed by atoms with Gasteiger partial charge >= 0.3 is 0 Å². The van der Waals surface area contributed by atoms with Crippen LogP contribution in [0.1, 0.15) is 19.5 Å². The van der Waals surface area contributed by atoms with Crippen molar-refractivity contribution in [3.63, 3.8) is 0 Å².